The number of hydrogen-bond donors (Lipinski definition) is 1. The first-order chi connectivity index (χ1) is 0. The Morgan fingerprint density at radius 2 is 0.600 bits per heavy atom. The first-order valence-electron chi connectivity index (χ1n) is 0. The van der Waals surface area contributed by atoms with Crippen molar-refractivity contribution >= 4 is 51.4 Å². The van der Waals surface area contributed by atoms with Crippen LogP contribution >= 0.6 is 0 Å². The molecule has 9 N–H and O–H groups in total. The normalized spacial score (nSPS) is 0. The molecule has 0 heterocycles. The Kier molecular flexibility index (Phi) is 897. The molecule has 0 saturated heterocycles. The molecule has 0 saturated carbocycles. The fourth-order valence-electron chi connectivity index (χ4n) is 0. The standard InChI is InChI=1S/K.H3N.3H2O.H/h;1H3;3*1H2;. The molecular weight excluding hydrogens is 101 g/mol. The second kappa shape index (κ2) is 50.3. The molecule has 0 radical (unpaired) electrons. The van der Waals surface area contributed by atoms with E-state index < -0.39 is 0 Å². The summed E-state index contributed by atoms with van der Waals surface area (Å²) in [6, 6.07) is 0. The predicted molar refractivity (Wildman–Crippen MR) is 23.0 cm³/mol. The number of hydrogen-bond acceptors (Lipinski definition) is 1. The molecule has 0 aromatic rings. The van der Waals surface area contributed by atoms with E-state index in [1.54, 1.807) is 0 Å². The first kappa shape index (κ1) is 89.1. The molecule has 0 aromatic heterocycles. The van der Waals surface area contributed by atoms with Crippen LogP contribution in [0.2, 0.25) is 0 Å². The molecule has 0 amide bonds. The zero-order chi connectivity index (χ0) is 0. The van der Waals surface area contributed by atoms with Gasteiger partial charge in [0.2, 0.25) is 0 Å². The summed E-state index contributed by atoms with van der Waals surface area (Å²) in [6.45, 7) is 0. The summed E-state index contributed by atoms with van der Waals surface area (Å²) in [7, 11) is 0. The average molecular weight is 111 g/mol. The van der Waals surface area contributed by atoms with Gasteiger partial charge < -0.3 is 22.6 Å². The van der Waals surface area contributed by atoms with E-state index in [2.05, 4.69) is 0 Å². The van der Waals surface area contributed by atoms with Gasteiger partial charge in [0.05, 0.1) is 0 Å². The van der Waals surface area contributed by atoms with Crippen LogP contribution < -0.4 is 6.15 Å². The van der Waals surface area contributed by atoms with Crippen molar-refractivity contribution in [1.82, 2.24) is 6.15 Å². The van der Waals surface area contributed by atoms with Gasteiger partial charge in [-0.1, -0.05) is 0 Å². The topological polar surface area (TPSA) is 130 Å². The van der Waals surface area contributed by atoms with Crippen LogP contribution in [0.5, 0.6) is 0 Å². The van der Waals surface area contributed by atoms with Crippen molar-refractivity contribution in [3.63, 3.8) is 0 Å². The summed E-state index contributed by atoms with van der Waals surface area (Å²) in [6.07, 6.45) is 0. The molecular formula is H10KNO3. The van der Waals surface area contributed by atoms with Gasteiger partial charge in [0.25, 0.3) is 0 Å². The Labute approximate surface area is 72.9 Å². The molecule has 5 heavy (non-hydrogen) atoms. The van der Waals surface area contributed by atoms with Gasteiger partial charge in [-0.05, 0) is 0 Å². The molecule has 5 heteroatoms. The van der Waals surface area contributed by atoms with Gasteiger partial charge in [0.1, 0.15) is 0 Å². The zero-order valence-corrected chi connectivity index (χ0v) is 2.21. The minimum absolute atomic E-state index is 0. The van der Waals surface area contributed by atoms with Crippen LogP contribution in [0.1, 0.15) is 0 Å². The van der Waals surface area contributed by atoms with Crippen molar-refractivity contribution in [2.75, 3.05) is 0 Å². The van der Waals surface area contributed by atoms with E-state index in [-0.39, 0.29) is 74.0 Å². The van der Waals surface area contributed by atoms with Gasteiger partial charge in [-0.25, -0.2) is 0 Å². The van der Waals surface area contributed by atoms with Crippen LogP contribution in [0.25, 0.3) is 0 Å². The maximum atomic E-state index is 0. The van der Waals surface area contributed by atoms with Gasteiger partial charge >= 0.3 is 51.4 Å². The molecule has 0 fully saturated rings. The third-order valence-electron chi connectivity index (χ3n) is 0. The summed E-state index contributed by atoms with van der Waals surface area (Å²) in [5, 5.41) is 0. The third-order valence-corrected chi connectivity index (χ3v) is 0. The van der Waals surface area contributed by atoms with E-state index in [4.69, 9.17) is 0 Å². The quantitative estimate of drug-likeness (QED) is 0.329. The van der Waals surface area contributed by atoms with E-state index in [0.29, 0.717) is 0 Å². The van der Waals surface area contributed by atoms with Crippen LogP contribution in [0, 0.1) is 0 Å². The van der Waals surface area contributed by atoms with Crippen molar-refractivity contribution in [3.05, 3.63) is 0 Å². The SMILES string of the molecule is N.O.O.O.[KH]. The molecule has 0 aliphatic rings. The Balaban J connectivity index is 0. The first-order valence-corrected chi connectivity index (χ1v) is 0. The van der Waals surface area contributed by atoms with Crippen LogP contribution in [0.15, 0.2) is 0 Å². The molecule has 0 rings (SSSR count). The fourth-order valence-corrected chi connectivity index (χ4v) is 0. The molecule has 0 aliphatic heterocycles. The van der Waals surface area contributed by atoms with Crippen LogP contribution in [0.4, 0.5) is 0 Å². The molecule has 0 aromatic carbocycles. The fraction of sp³-hybridized carbons (Fsp3) is 0. The van der Waals surface area contributed by atoms with Gasteiger partial charge in [0, 0.05) is 0 Å². The van der Waals surface area contributed by atoms with E-state index >= 15 is 0 Å². The van der Waals surface area contributed by atoms with Gasteiger partial charge in [-0.3, -0.25) is 0 Å². The second-order valence-electron chi connectivity index (χ2n) is 0. The summed E-state index contributed by atoms with van der Waals surface area (Å²) in [5.74, 6) is 0. The molecule has 0 bridgehead atoms. The summed E-state index contributed by atoms with van der Waals surface area (Å²) >= 11 is 0. The molecule has 0 atom stereocenters. The van der Waals surface area contributed by atoms with Crippen molar-refractivity contribution in [2.24, 2.45) is 0 Å². The molecule has 0 aliphatic carbocycles. The van der Waals surface area contributed by atoms with E-state index in [1.807, 2.05) is 0 Å². The van der Waals surface area contributed by atoms with Gasteiger partial charge in [-0.15, -0.1) is 0 Å². The number of rotatable bonds is 0. The third kappa shape index (κ3) is 30.4. The maximum absolute atomic E-state index is 0. The zero-order valence-electron chi connectivity index (χ0n) is 2.21. The Bertz CT molecular complexity index is 6.85. The molecule has 0 spiro atoms. The van der Waals surface area contributed by atoms with Crippen molar-refractivity contribution in [1.29, 1.82) is 0 Å². The summed E-state index contributed by atoms with van der Waals surface area (Å²) < 4.78 is 0. The van der Waals surface area contributed by atoms with Crippen LogP contribution in [-0.2, 0) is 0 Å². The van der Waals surface area contributed by atoms with Gasteiger partial charge in [0.15, 0.2) is 0 Å². The van der Waals surface area contributed by atoms with Gasteiger partial charge in [-0.2, -0.15) is 0 Å². The Hall–Kier alpha value is 1.48. The monoisotopic (exact) mass is 111 g/mol. The van der Waals surface area contributed by atoms with Crippen molar-refractivity contribution in [2.45, 2.75) is 0 Å². The Morgan fingerprint density at radius 3 is 0.600 bits per heavy atom. The predicted octanol–water partition coefficient (Wildman–Crippen LogP) is -2.96. The molecule has 34 valence electrons. The van der Waals surface area contributed by atoms with Crippen molar-refractivity contribution < 1.29 is 16.4 Å². The van der Waals surface area contributed by atoms with E-state index in [0.717, 1.165) is 0 Å². The van der Waals surface area contributed by atoms with Crippen molar-refractivity contribution in [3.8, 4) is 0 Å². The summed E-state index contributed by atoms with van der Waals surface area (Å²) in [4.78, 5) is 0. The molecule has 0 unspecified atom stereocenters. The summed E-state index contributed by atoms with van der Waals surface area (Å²) in [5.41, 5.74) is 0. The van der Waals surface area contributed by atoms with Crippen LogP contribution in [-0.4, -0.2) is 67.8 Å². The molecule has 4 nitrogen and oxygen atoms in total. The Morgan fingerprint density at radius 1 is 0.600 bits per heavy atom. The second-order valence-corrected chi connectivity index (χ2v) is 0. The average Bonchev–Trinajstić information content (AvgIpc) is 0. The van der Waals surface area contributed by atoms with Crippen LogP contribution in [0.3, 0.4) is 0 Å². The van der Waals surface area contributed by atoms with E-state index in [9.17, 15) is 0 Å². The minimum atomic E-state index is 0. The van der Waals surface area contributed by atoms with E-state index in [1.165, 1.54) is 0 Å².